The maximum absolute atomic E-state index is 13.9. The smallest absolute Gasteiger partial charge is 0.370 e. The highest BCUT2D eigenvalue weighted by Gasteiger charge is 2.52. The van der Waals surface area contributed by atoms with E-state index in [1.165, 1.54) is 19.1 Å². The highest BCUT2D eigenvalue weighted by atomic mass is 19.4. The normalized spacial score (nSPS) is 30.6. The lowest BCUT2D eigenvalue weighted by molar-refractivity contribution is -0.143. The average molecular weight is 549 g/mol. The van der Waals surface area contributed by atoms with E-state index < -0.39 is 41.1 Å². The quantitative estimate of drug-likeness (QED) is 0.402. The van der Waals surface area contributed by atoms with Crippen LogP contribution in [0.15, 0.2) is 42.3 Å². The number of allylic oxidation sites excluding steroid dienone is 4. The van der Waals surface area contributed by atoms with Gasteiger partial charge in [0.05, 0.1) is 23.3 Å². The molecule has 1 saturated heterocycles. The Bertz CT molecular complexity index is 1080. The van der Waals surface area contributed by atoms with Gasteiger partial charge in [-0.1, -0.05) is 13.0 Å². The Hall–Kier alpha value is -2.56. The van der Waals surface area contributed by atoms with Crippen molar-refractivity contribution < 1.29 is 40.3 Å². The Morgan fingerprint density at radius 3 is 2.24 bits per heavy atom. The molecule has 210 valence electrons. The summed E-state index contributed by atoms with van der Waals surface area (Å²) < 4.78 is 101. The first-order valence-electron chi connectivity index (χ1n) is 12.6. The van der Waals surface area contributed by atoms with Crippen LogP contribution in [-0.2, 0) is 17.1 Å². The lowest BCUT2D eigenvalue weighted by atomic mass is 9.59. The van der Waals surface area contributed by atoms with Gasteiger partial charge in [0.2, 0.25) is 0 Å². The molecular weight excluding hydrogens is 517 g/mol. The number of nitrogens with zero attached hydrogens (tertiary/aromatic N) is 1. The van der Waals surface area contributed by atoms with Gasteiger partial charge in [-0.05, 0) is 85.3 Å². The van der Waals surface area contributed by atoms with Crippen LogP contribution < -0.4 is 5.32 Å². The van der Waals surface area contributed by atoms with Gasteiger partial charge >= 0.3 is 18.4 Å². The summed E-state index contributed by atoms with van der Waals surface area (Å²) in [5, 5.41) is 2.62. The molecule has 0 spiro atoms. The van der Waals surface area contributed by atoms with Crippen molar-refractivity contribution in [3.63, 3.8) is 0 Å². The van der Waals surface area contributed by atoms with E-state index in [-0.39, 0.29) is 41.2 Å². The van der Waals surface area contributed by atoms with E-state index in [2.05, 4.69) is 5.32 Å². The predicted molar refractivity (Wildman–Crippen MR) is 127 cm³/mol. The number of fused-ring (bicyclic) bond motifs is 1. The molecule has 1 aromatic rings. The Morgan fingerprint density at radius 1 is 1.08 bits per heavy atom. The van der Waals surface area contributed by atoms with Crippen LogP contribution in [0.2, 0.25) is 0 Å². The van der Waals surface area contributed by atoms with Crippen molar-refractivity contribution in [2.24, 2.45) is 23.2 Å². The number of likely N-dealkylation sites (tertiary alicyclic amines) is 1. The minimum atomic E-state index is -4.96. The molecule has 0 radical (unpaired) electrons. The van der Waals surface area contributed by atoms with Gasteiger partial charge in [0.1, 0.15) is 5.83 Å². The molecule has 1 heterocycles. The third-order valence-corrected chi connectivity index (χ3v) is 8.26. The van der Waals surface area contributed by atoms with Crippen LogP contribution >= 0.6 is 0 Å². The van der Waals surface area contributed by atoms with Gasteiger partial charge in [-0.15, -0.1) is 0 Å². The molecule has 11 heteroatoms. The highest BCUT2D eigenvalue weighted by Crippen LogP contribution is 2.53. The van der Waals surface area contributed by atoms with Crippen molar-refractivity contribution in [2.75, 3.05) is 20.1 Å². The fraction of sp³-hybridized carbons (Fsp3) is 0.593. The largest absolute Gasteiger partial charge is 0.416 e. The predicted octanol–water partition coefficient (Wildman–Crippen LogP) is 7.29. The maximum Gasteiger partial charge on any atom is 0.416 e. The Morgan fingerprint density at radius 2 is 1.71 bits per heavy atom. The van der Waals surface area contributed by atoms with Crippen molar-refractivity contribution in [1.82, 2.24) is 10.2 Å². The average Bonchev–Trinajstić information content (AvgIpc) is 3.28. The number of hydrogen-bond acceptors (Lipinski definition) is 2. The molecule has 2 amide bonds. The lowest BCUT2D eigenvalue weighted by Crippen LogP contribution is -2.48. The van der Waals surface area contributed by atoms with Gasteiger partial charge in [-0.2, -0.15) is 26.3 Å². The molecule has 0 aromatic heterocycles. The van der Waals surface area contributed by atoms with Crippen LogP contribution in [0.3, 0.4) is 0 Å². The molecule has 38 heavy (non-hydrogen) atoms. The fourth-order valence-electron chi connectivity index (χ4n) is 6.36. The molecule has 4 rings (SSSR count). The van der Waals surface area contributed by atoms with E-state index in [0.717, 1.165) is 0 Å². The number of alkyl halides is 6. The van der Waals surface area contributed by atoms with E-state index >= 15 is 0 Å². The zero-order valence-corrected chi connectivity index (χ0v) is 21.3. The number of halogens is 7. The summed E-state index contributed by atoms with van der Waals surface area (Å²) in [6.45, 7) is 4.37. The van der Waals surface area contributed by atoms with Crippen LogP contribution in [0.1, 0.15) is 55.9 Å². The van der Waals surface area contributed by atoms with Gasteiger partial charge < -0.3 is 15.0 Å². The third-order valence-electron chi connectivity index (χ3n) is 8.26. The Balaban J connectivity index is 1.67. The SMILES string of the molecule is CNC(=O)N1C[C@H]2CC[C@H](O[C@H](C)c3cc(C(F)(F)F)cc(C(F)(F)F)c3)[C@@H](C3(C)C=CC(F)=CC3)[C@@H]2C1. The van der Waals surface area contributed by atoms with Crippen LogP contribution in [0, 0.1) is 23.2 Å². The molecule has 2 aliphatic carbocycles. The number of amides is 2. The lowest BCUT2D eigenvalue weighted by Gasteiger charge is -2.49. The van der Waals surface area contributed by atoms with E-state index in [9.17, 15) is 35.5 Å². The van der Waals surface area contributed by atoms with Crippen LogP contribution in [0.5, 0.6) is 0 Å². The monoisotopic (exact) mass is 548 g/mol. The van der Waals surface area contributed by atoms with E-state index in [1.807, 2.05) is 6.92 Å². The first kappa shape index (κ1) is 28.4. The van der Waals surface area contributed by atoms with E-state index in [0.29, 0.717) is 44.5 Å². The Labute approximate surface area is 216 Å². The minimum absolute atomic E-state index is 0.0327. The summed E-state index contributed by atoms with van der Waals surface area (Å²) in [6, 6.07) is 1.28. The molecule has 1 unspecified atom stereocenters. The highest BCUT2D eigenvalue weighted by molar-refractivity contribution is 5.74. The second-order valence-corrected chi connectivity index (χ2v) is 10.8. The molecular formula is C27H31F7N2O2. The molecule has 3 aliphatic rings. The number of carbonyl (C=O) groups is 1. The fourth-order valence-corrected chi connectivity index (χ4v) is 6.36. The van der Waals surface area contributed by atoms with Crippen molar-refractivity contribution in [2.45, 2.75) is 57.7 Å². The number of ether oxygens (including phenoxy) is 1. The summed E-state index contributed by atoms with van der Waals surface area (Å²) in [4.78, 5) is 14.1. The minimum Gasteiger partial charge on any atom is -0.370 e. The maximum atomic E-state index is 13.9. The number of urea groups is 1. The summed E-state index contributed by atoms with van der Waals surface area (Å²) in [5.74, 6) is -0.497. The van der Waals surface area contributed by atoms with E-state index in [1.54, 1.807) is 18.0 Å². The zero-order valence-electron chi connectivity index (χ0n) is 21.3. The summed E-state index contributed by atoms with van der Waals surface area (Å²) >= 11 is 0. The molecule has 1 aromatic carbocycles. The van der Waals surface area contributed by atoms with Gasteiger partial charge in [0.25, 0.3) is 0 Å². The third kappa shape index (κ3) is 5.72. The van der Waals surface area contributed by atoms with Crippen molar-refractivity contribution in [3.05, 3.63) is 58.9 Å². The molecule has 1 N–H and O–H groups in total. The number of carbonyl (C=O) groups excluding carboxylic acids is 1. The summed E-state index contributed by atoms with van der Waals surface area (Å²) in [5.41, 5.74) is -3.58. The molecule has 6 atom stereocenters. The molecule has 0 bridgehead atoms. The Kier molecular flexibility index (Phi) is 7.64. The molecule has 4 nitrogen and oxygen atoms in total. The molecule has 1 aliphatic heterocycles. The van der Waals surface area contributed by atoms with Gasteiger partial charge in [-0.3, -0.25) is 0 Å². The topological polar surface area (TPSA) is 41.6 Å². The van der Waals surface area contributed by atoms with Crippen molar-refractivity contribution in [3.8, 4) is 0 Å². The van der Waals surface area contributed by atoms with Crippen LogP contribution in [0.4, 0.5) is 35.5 Å². The van der Waals surface area contributed by atoms with Gasteiger partial charge in [0, 0.05) is 20.1 Å². The summed E-state index contributed by atoms with van der Waals surface area (Å²) in [7, 11) is 1.54. The van der Waals surface area contributed by atoms with Gasteiger partial charge in [-0.25, -0.2) is 9.18 Å². The number of benzene rings is 1. The first-order chi connectivity index (χ1) is 17.6. The first-order valence-corrected chi connectivity index (χ1v) is 12.6. The molecule has 1 saturated carbocycles. The summed E-state index contributed by atoms with van der Waals surface area (Å²) in [6.07, 6.45) is -5.33. The second-order valence-electron chi connectivity index (χ2n) is 10.8. The number of hydrogen-bond donors (Lipinski definition) is 1. The number of nitrogens with one attached hydrogen (secondary N) is 1. The number of rotatable bonds is 4. The van der Waals surface area contributed by atoms with E-state index in [4.69, 9.17) is 4.74 Å². The van der Waals surface area contributed by atoms with Crippen LogP contribution in [0.25, 0.3) is 0 Å². The van der Waals surface area contributed by atoms with Gasteiger partial charge in [0.15, 0.2) is 0 Å². The van der Waals surface area contributed by atoms with Crippen molar-refractivity contribution >= 4 is 6.03 Å². The standard InChI is InChI=1S/C27H31F7N2O2/c1-15(17-10-18(26(29,30)31)12-19(11-17)27(32,33)34)38-22-5-4-16-13-36(24(37)35-3)14-21(16)23(22)25(2)8-6-20(28)7-9-25/h6-8,10-12,15-16,21-23H,4-5,9,13-14H2,1-3H3,(H,35,37)/t15-,16-,21-,22+,23+,25?/m1/s1. The second kappa shape index (κ2) is 10.2. The zero-order chi connectivity index (χ0) is 28.0. The van der Waals surface area contributed by atoms with Crippen LogP contribution in [-0.4, -0.2) is 37.2 Å². The molecule has 2 fully saturated rings. The van der Waals surface area contributed by atoms with Crippen molar-refractivity contribution in [1.29, 1.82) is 0 Å².